The molecule has 0 rings (SSSR count). The van der Waals surface area contributed by atoms with Crippen molar-refractivity contribution in [2.45, 2.75) is 52.0 Å². The average Bonchev–Trinajstić information content (AvgIpc) is 2.15. The number of carbonyl (C=O) groups is 1. The molecule has 82 valence electrons. The molecule has 0 fully saturated rings. The zero-order chi connectivity index (χ0) is 11.0. The number of allylic oxidation sites excluding steroid dienone is 1. The van der Waals surface area contributed by atoms with E-state index in [-0.39, 0.29) is 11.3 Å². The van der Waals surface area contributed by atoms with E-state index in [4.69, 9.17) is 0 Å². The van der Waals surface area contributed by atoms with E-state index < -0.39 is 0 Å². The molecule has 1 atom stereocenters. The van der Waals surface area contributed by atoms with Gasteiger partial charge in [0.1, 0.15) is 5.78 Å². The molecular weight excluding hydrogens is 174 g/mol. The minimum atomic E-state index is -0.334. The lowest BCUT2D eigenvalue weighted by Gasteiger charge is -2.28. The Kier molecular flexibility index (Phi) is 6.46. The summed E-state index contributed by atoms with van der Waals surface area (Å²) in [5, 5.41) is 3.32. The standard InChI is InChI=1S/C12H23NO/c1-5-7-8-9-12(4,11(3)14)13-10-6-2/h5,13H,1,6-10H2,2-4H3/t12-/m0/s1. The van der Waals surface area contributed by atoms with E-state index in [0.29, 0.717) is 0 Å². The van der Waals surface area contributed by atoms with Crippen LogP contribution in [0.2, 0.25) is 0 Å². The van der Waals surface area contributed by atoms with Gasteiger partial charge in [0.05, 0.1) is 5.54 Å². The van der Waals surface area contributed by atoms with E-state index in [1.807, 2.05) is 13.0 Å². The van der Waals surface area contributed by atoms with Gasteiger partial charge in [-0.05, 0) is 46.1 Å². The topological polar surface area (TPSA) is 29.1 Å². The highest BCUT2D eigenvalue weighted by molar-refractivity contribution is 5.85. The van der Waals surface area contributed by atoms with Gasteiger partial charge >= 0.3 is 0 Å². The van der Waals surface area contributed by atoms with Gasteiger partial charge in [-0.3, -0.25) is 4.79 Å². The normalized spacial score (nSPS) is 14.8. The van der Waals surface area contributed by atoms with Crippen molar-refractivity contribution in [2.24, 2.45) is 0 Å². The van der Waals surface area contributed by atoms with Gasteiger partial charge in [0.25, 0.3) is 0 Å². The first kappa shape index (κ1) is 13.4. The maximum atomic E-state index is 11.5. The maximum absolute atomic E-state index is 11.5. The molecule has 0 aromatic carbocycles. The lowest BCUT2D eigenvalue weighted by atomic mass is 9.90. The van der Waals surface area contributed by atoms with Gasteiger partial charge in [-0.25, -0.2) is 0 Å². The summed E-state index contributed by atoms with van der Waals surface area (Å²) in [6.07, 6.45) is 5.87. The van der Waals surface area contributed by atoms with Crippen molar-refractivity contribution in [2.75, 3.05) is 6.54 Å². The summed E-state index contributed by atoms with van der Waals surface area (Å²) in [5.74, 6) is 0.231. The average molecular weight is 197 g/mol. The van der Waals surface area contributed by atoms with Crippen LogP contribution in [-0.4, -0.2) is 17.9 Å². The van der Waals surface area contributed by atoms with E-state index in [9.17, 15) is 4.79 Å². The van der Waals surface area contributed by atoms with Crippen molar-refractivity contribution >= 4 is 5.78 Å². The zero-order valence-corrected chi connectivity index (χ0v) is 9.73. The highest BCUT2D eigenvalue weighted by Gasteiger charge is 2.27. The van der Waals surface area contributed by atoms with E-state index >= 15 is 0 Å². The van der Waals surface area contributed by atoms with Crippen LogP contribution in [0.1, 0.15) is 46.5 Å². The number of rotatable bonds is 8. The fraction of sp³-hybridized carbons (Fsp3) is 0.750. The minimum absolute atomic E-state index is 0.231. The van der Waals surface area contributed by atoms with Gasteiger partial charge in [0.2, 0.25) is 0 Å². The van der Waals surface area contributed by atoms with Gasteiger partial charge in [-0.1, -0.05) is 13.0 Å². The molecule has 0 aliphatic rings. The molecule has 0 bridgehead atoms. The third-order valence-corrected chi connectivity index (χ3v) is 2.63. The Hall–Kier alpha value is -0.630. The Bertz CT molecular complexity index is 189. The molecular formula is C12H23NO. The predicted molar refractivity (Wildman–Crippen MR) is 61.4 cm³/mol. The lowest BCUT2D eigenvalue weighted by molar-refractivity contribution is -0.123. The van der Waals surface area contributed by atoms with Crippen LogP contribution >= 0.6 is 0 Å². The Morgan fingerprint density at radius 3 is 2.64 bits per heavy atom. The molecule has 0 saturated carbocycles. The summed E-state index contributed by atoms with van der Waals surface area (Å²) >= 11 is 0. The zero-order valence-electron chi connectivity index (χ0n) is 9.73. The highest BCUT2D eigenvalue weighted by Crippen LogP contribution is 2.15. The molecule has 0 aromatic rings. The van der Waals surface area contributed by atoms with E-state index in [2.05, 4.69) is 18.8 Å². The van der Waals surface area contributed by atoms with Crippen molar-refractivity contribution in [3.63, 3.8) is 0 Å². The first-order chi connectivity index (χ1) is 6.56. The van der Waals surface area contributed by atoms with E-state index in [0.717, 1.165) is 32.2 Å². The van der Waals surface area contributed by atoms with E-state index in [1.165, 1.54) is 0 Å². The molecule has 0 spiro atoms. The monoisotopic (exact) mass is 197 g/mol. The van der Waals surface area contributed by atoms with Crippen LogP contribution in [0.25, 0.3) is 0 Å². The summed E-state index contributed by atoms with van der Waals surface area (Å²) in [6, 6.07) is 0. The molecule has 2 heteroatoms. The molecule has 0 amide bonds. The summed E-state index contributed by atoms with van der Waals surface area (Å²) < 4.78 is 0. The smallest absolute Gasteiger partial charge is 0.149 e. The van der Waals surface area contributed by atoms with Crippen molar-refractivity contribution < 1.29 is 4.79 Å². The molecule has 0 saturated heterocycles. The van der Waals surface area contributed by atoms with Gasteiger partial charge in [-0.15, -0.1) is 6.58 Å². The molecule has 0 unspecified atom stereocenters. The van der Waals surface area contributed by atoms with Crippen LogP contribution < -0.4 is 5.32 Å². The largest absolute Gasteiger partial charge is 0.305 e. The second-order valence-electron chi connectivity index (χ2n) is 4.00. The third-order valence-electron chi connectivity index (χ3n) is 2.63. The summed E-state index contributed by atoms with van der Waals surface area (Å²) in [5.41, 5.74) is -0.334. The second kappa shape index (κ2) is 6.77. The van der Waals surface area contributed by atoms with Gasteiger partial charge in [0, 0.05) is 0 Å². The van der Waals surface area contributed by atoms with Crippen LogP contribution in [-0.2, 0) is 4.79 Å². The number of Topliss-reactive ketones (excluding diaryl/α,β-unsaturated/α-hetero) is 1. The van der Waals surface area contributed by atoms with Crippen LogP contribution in [0.4, 0.5) is 0 Å². The first-order valence-electron chi connectivity index (χ1n) is 5.43. The quantitative estimate of drug-likeness (QED) is 0.479. The van der Waals surface area contributed by atoms with Crippen LogP contribution in [0, 0.1) is 0 Å². The van der Waals surface area contributed by atoms with Crippen molar-refractivity contribution in [3.05, 3.63) is 12.7 Å². The van der Waals surface area contributed by atoms with Gasteiger partial charge < -0.3 is 5.32 Å². The number of nitrogens with one attached hydrogen (secondary N) is 1. The van der Waals surface area contributed by atoms with Crippen molar-refractivity contribution in [1.82, 2.24) is 5.32 Å². The third kappa shape index (κ3) is 4.56. The number of hydrogen-bond donors (Lipinski definition) is 1. The SMILES string of the molecule is C=CCCC[C@](C)(NCCC)C(C)=O. The molecule has 0 radical (unpaired) electrons. The molecule has 2 nitrogen and oxygen atoms in total. The fourth-order valence-corrected chi connectivity index (χ4v) is 1.39. The number of hydrogen-bond acceptors (Lipinski definition) is 2. The van der Waals surface area contributed by atoms with Crippen molar-refractivity contribution in [3.8, 4) is 0 Å². The fourth-order valence-electron chi connectivity index (χ4n) is 1.39. The predicted octanol–water partition coefficient (Wildman–Crippen LogP) is 2.69. The minimum Gasteiger partial charge on any atom is -0.305 e. The molecule has 0 heterocycles. The lowest BCUT2D eigenvalue weighted by Crippen LogP contribution is -2.48. The van der Waals surface area contributed by atoms with Crippen LogP contribution in [0.3, 0.4) is 0 Å². The van der Waals surface area contributed by atoms with Gasteiger partial charge in [-0.2, -0.15) is 0 Å². The summed E-state index contributed by atoms with van der Waals surface area (Å²) in [4.78, 5) is 11.5. The molecule has 0 aliphatic heterocycles. The Morgan fingerprint density at radius 2 is 2.21 bits per heavy atom. The van der Waals surface area contributed by atoms with Crippen molar-refractivity contribution in [1.29, 1.82) is 0 Å². The number of carbonyl (C=O) groups excluding carboxylic acids is 1. The van der Waals surface area contributed by atoms with E-state index in [1.54, 1.807) is 6.92 Å². The molecule has 1 N–H and O–H groups in total. The molecule has 0 aliphatic carbocycles. The van der Waals surface area contributed by atoms with Crippen LogP contribution in [0.15, 0.2) is 12.7 Å². The maximum Gasteiger partial charge on any atom is 0.149 e. The summed E-state index contributed by atoms with van der Waals surface area (Å²) in [7, 11) is 0. The first-order valence-corrected chi connectivity index (χ1v) is 5.43. The Morgan fingerprint density at radius 1 is 1.57 bits per heavy atom. The number of ketones is 1. The Balaban J connectivity index is 4.09. The second-order valence-corrected chi connectivity index (χ2v) is 4.00. The van der Waals surface area contributed by atoms with Gasteiger partial charge in [0.15, 0.2) is 0 Å². The highest BCUT2D eigenvalue weighted by atomic mass is 16.1. The molecule has 14 heavy (non-hydrogen) atoms. The molecule has 0 aromatic heterocycles. The number of unbranched alkanes of at least 4 members (excludes halogenated alkanes) is 1. The summed E-state index contributed by atoms with van der Waals surface area (Å²) in [6.45, 7) is 10.4. The van der Waals surface area contributed by atoms with Crippen LogP contribution in [0.5, 0.6) is 0 Å². The Labute approximate surface area is 87.8 Å².